The van der Waals surface area contributed by atoms with Gasteiger partial charge in [-0.2, -0.15) is 0 Å². The highest BCUT2D eigenvalue weighted by molar-refractivity contribution is 5.93. The zero-order valence-corrected chi connectivity index (χ0v) is 14.7. The van der Waals surface area contributed by atoms with Crippen molar-refractivity contribution < 1.29 is 14.1 Å². The molecule has 0 bridgehead atoms. The molecule has 1 saturated carbocycles. The molecule has 1 aromatic heterocycles. The minimum atomic E-state index is 0.0107. The normalized spacial score (nSPS) is 26.6. The van der Waals surface area contributed by atoms with Gasteiger partial charge in [0.05, 0.1) is 5.54 Å². The number of amides is 1. The lowest BCUT2D eigenvalue weighted by Crippen LogP contribution is -2.72. The SMILES string of the molecule is CCOC[C@H]1CCN(C)C2(C1)CN(C(=O)c1cc(C3CC3)on1)C2. The van der Waals surface area contributed by atoms with Gasteiger partial charge in [-0.1, -0.05) is 5.16 Å². The number of carbonyl (C=O) groups is 1. The first-order chi connectivity index (χ1) is 11.6. The summed E-state index contributed by atoms with van der Waals surface area (Å²) in [6.45, 7) is 6.32. The van der Waals surface area contributed by atoms with Crippen LogP contribution < -0.4 is 0 Å². The first-order valence-corrected chi connectivity index (χ1v) is 9.16. The highest BCUT2D eigenvalue weighted by Gasteiger charge is 2.51. The van der Waals surface area contributed by atoms with Gasteiger partial charge in [0.1, 0.15) is 5.76 Å². The molecule has 0 N–H and O–H groups in total. The van der Waals surface area contributed by atoms with E-state index in [9.17, 15) is 4.79 Å². The number of aromatic nitrogens is 1. The van der Waals surface area contributed by atoms with Crippen LogP contribution in [-0.2, 0) is 4.74 Å². The first kappa shape index (κ1) is 16.1. The fourth-order valence-electron chi connectivity index (χ4n) is 4.13. The Morgan fingerprint density at radius 3 is 2.92 bits per heavy atom. The van der Waals surface area contributed by atoms with Crippen LogP contribution in [0.3, 0.4) is 0 Å². The van der Waals surface area contributed by atoms with E-state index in [-0.39, 0.29) is 11.4 Å². The molecule has 6 heteroatoms. The van der Waals surface area contributed by atoms with Gasteiger partial charge < -0.3 is 14.2 Å². The van der Waals surface area contributed by atoms with Crippen molar-refractivity contribution in [2.24, 2.45) is 5.92 Å². The maximum Gasteiger partial charge on any atom is 0.276 e. The van der Waals surface area contributed by atoms with Crippen LogP contribution in [0, 0.1) is 5.92 Å². The minimum absolute atomic E-state index is 0.0107. The number of carbonyl (C=O) groups excluding carboxylic acids is 1. The second-order valence-electron chi connectivity index (χ2n) is 7.71. The Morgan fingerprint density at radius 2 is 2.21 bits per heavy atom. The highest BCUT2D eigenvalue weighted by atomic mass is 16.5. The number of piperidine rings is 1. The van der Waals surface area contributed by atoms with Crippen molar-refractivity contribution in [3.63, 3.8) is 0 Å². The van der Waals surface area contributed by atoms with Crippen molar-refractivity contribution >= 4 is 5.91 Å². The molecule has 6 nitrogen and oxygen atoms in total. The molecule has 0 aromatic carbocycles. The van der Waals surface area contributed by atoms with Gasteiger partial charge in [0, 0.05) is 38.3 Å². The molecule has 2 aliphatic heterocycles. The standard InChI is InChI=1S/C18H27N3O3/c1-3-23-10-13-6-7-20(2)18(9-13)11-21(12-18)17(22)15-8-16(24-19-15)14-4-5-14/h8,13-14H,3-7,9-12H2,1-2H3/t13-/m0/s1. The number of hydrogen-bond donors (Lipinski definition) is 0. The lowest BCUT2D eigenvalue weighted by atomic mass is 9.75. The van der Waals surface area contributed by atoms with E-state index in [4.69, 9.17) is 9.26 Å². The Morgan fingerprint density at radius 1 is 1.42 bits per heavy atom. The summed E-state index contributed by atoms with van der Waals surface area (Å²) in [7, 11) is 2.18. The molecule has 4 rings (SSSR count). The molecule has 0 unspecified atom stereocenters. The second kappa shape index (κ2) is 6.15. The molecule has 1 amide bonds. The third-order valence-corrected chi connectivity index (χ3v) is 5.89. The Labute approximate surface area is 143 Å². The highest BCUT2D eigenvalue weighted by Crippen LogP contribution is 2.41. The summed E-state index contributed by atoms with van der Waals surface area (Å²) in [6.07, 6.45) is 4.60. The van der Waals surface area contributed by atoms with Crippen LogP contribution in [0.1, 0.15) is 54.8 Å². The lowest BCUT2D eigenvalue weighted by molar-refractivity contribution is -0.0753. The maximum atomic E-state index is 12.6. The van der Waals surface area contributed by atoms with E-state index in [2.05, 4.69) is 17.1 Å². The van der Waals surface area contributed by atoms with E-state index in [0.717, 1.165) is 57.9 Å². The maximum absolute atomic E-state index is 12.6. The Hall–Kier alpha value is -1.40. The monoisotopic (exact) mass is 333 g/mol. The van der Waals surface area contributed by atoms with E-state index < -0.39 is 0 Å². The van der Waals surface area contributed by atoms with Gasteiger partial charge in [-0.25, -0.2) is 0 Å². The summed E-state index contributed by atoms with van der Waals surface area (Å²) in [5.74, 6) is 1.98. The quantitative estimate of drug-likeness (QED) is 0.826. The summed E-state index contributed by atoms with van der Waals surface area (Å²) in [6, 6.07) is 1.84. The predicted molar refractivity (Wildman–Crippen MR) is 89.0 cm³/mol. The fourth-order valence-corrected chi connectivity index (χ4v) is 4.13. The third-order valence-electron chi connectivity index (χ3n) is 5.89. The summed E-state index contributed by atoms with van der Waals surface area (Å²) >= 11 is 0. The van der Waals surface area contributed by atoms with Crippen LogP contribution in [-0.4, -0.2) is 66.3 Å². The zero-order valence-electron chi connectivity index (χ0n) is 14.7. The van der Waals surface area contributed by atoms with Gasteiger partial charge in [-0.3, -0.25) is 9.69 Å². The third kappa shape index (κ3) is 2.86. The van der Waals surface area contributed by atoms with E-state index in [1.807, 2.05) is 17.9 Å². The van der Waals surface area contributed by atoms with Crippen molar-refractivity contribution in [2.75, 3.05) is 39.9 Å². The summed E-state index contributed by atoms with van der Waals surface area (Å²) in [5, 5.41) is 3.99. The Balaban J connectivity index is 1.37. The molecule has 3 heterocycles. The first-order valence-electron chi connectivity index (χ1n) is 9.16. The topological polar surface area (TPSA) is 58.8 Å². The molecule has 1 spiro atoms. The van der Waals surface area contributed by atoms with Gasteiger partial charge in [0.15, 0.2) is 5.69 Å². The van der Waals surface area contributed by atoms with Crippen LogP contribution >= 0.6 is 0 Å². The van der Waals surface area contributed by atoms with Crippen LogP contribution in [0.4, 0.5) is 0 Å². The number of rotatable bonds is 5. The molecule has 3 fully saturated rings. The summed E-state index contributed by atoms with van der Waals surface area (Å²) in [4.78, 5) is 17.0. The number of nitrogens with zero attached hydrogens (tertiary/aromatic N) is 3. The van der Waals surface area contributed by atoms with E-state index in [1.54, 1.807) is 0 Å². The smallest absolute Gasteiger partial charge is 0.276 e. The zero-order chi connectivity index (χ0) is 16.7. The van der Waals surface area contributed by atoms with Gasteiger partial charge in [0.2, 0.25) is 0 Å². The Bertz CT molecular complexity index is 602. The molecule has 0 radical (unpaired) electrons. The molecule has 3 aliphatic rings. The molecule has 1 aliphatic carbocycles. The number of ether oxygens (including phenoxy) is 1. The molecular formula is C18H27N3O3. The largest absolute Gasteiger partial charge is 0.381 e. The molecule has 24 heavy (non-hydrogen) atoms. The second-order valence-corrected chi connectivity index (χ2v) is 7.71. The molecule has 1 atom stereocenters. The lowest BCUT2D eigenvalue weighted by Gasteiger charge is -2.58. The average molecular weight is 333 g/mol. The van der Waals surface area contributed by atoms with Gasteiger partial charge in [-0.15, -0.1) is 0 Å². The van der Waals surface area contributed by atoms with Crippen molar-refractivity contribution in [3.05, 3.63) is 17.5 Å². The van der Waals surface area contributed by atoms with Crippen molar-refractivity contribution in [1.29, 1.82) is 0 Å². The van der Waals surface area contributed by atoms with Crippen molar-refractivity contribution in [2.45, 2.75) is 44.1 Å². The van der Waals surface area contributed by atoms with Crippen LogP contribution in [0.25, 0.3) is 0 Å². The van der Waals surface area contributed by atoms with Gasteiger partial charge in [0.25, 0.3) is 5.91 Å². The van der Waals surface area contributed by atoms with Gasteiger partial charge in [-0.05, 0) is 52.1 Å². The van der Waals surface area contributed by atoms with Crippen LogP contribution in [0.2, 0.25) is 0 Å². The van der Waals surface area contributed by atoms with Crippen molar-refractivity contribution in [3.8, 4) is 0 Å². The molecule has 2 saturated heterocycles. The number of hydrogen-bond acceptors (Lipinski definition) is 5. The molecule has 132 valence electrons. The predicted octanol–water partition coefficient (Wildman–Crippen LogP) is 2.12. The molecular weight excluding hydrogens is 306 g/mol. The van der Waals surface area contributed by atoms with E-state index in [1.165, 1.54) is 6.42 Å². The fraction of sp³-hybridized carbons (Fsp3) is 0.778. The number of likely N-dealkylation sites (tertiary alicyclic amines) is 2. The minimum Gasteiger partial charge on any atom is -0.381 e. The Kier molecular flexibility index (Phi) is 4.12. The molecule has 1 aromatic rings. The summed E-state index contributed by atoms with van der Waals surface area (Å²) in [5.41, 5.74) is 0.592. The van der Waals surface area contributed by atoms with Crippen LogP contribution in [0.5, 0.6) is 0 Å². The van der Waals surface area contributed by atoms with E-state index >= 15 is 0 Å². The summed E-state index contributed by atoms with van der Waals surface area (Å²) < 4.78 is 10.9. The van der Waals surface area contributed by atoms with Crippen LogP contribution in [0.15, 0.2) is 10.6 Å². The van der Waals surface area contributed by atoms with Gasteiger partial charge >= 0.3 is 0 Å². The number of likely N-dealkylation sites (N-methyl/N-ethyl adjacent to an activating group) is 1. The average Bonchev–Trinajstić information content (AvgIpc) is 3.28. The van der Waals surface area contributed by atoms with E-state index in [0.29, 0.717) is 17.5 Å². The van der Waals surface area contributed by atoms with Crippen molar-refractivity contribution in [1.82, 2.24) is 15.0 Å².